The third-order valence-electron chi connectivity index (χ3n) is 4.96. The van der Waals surface area contributed by atoms with Gasteiger partial charge in [-0.3, -0.25) is 9.10 Å². The topological polar surface area (TPSA) is 84.9 Å². The summed E-state index contributed by atoms with van der Waals surface area (Å²) in [5.74, 6) is 0.335. The maximum absolute atomic E-state index is 13.7. The van der Waals surface area contributed by atoms with Gasteiger partial charge >= 0.3 is 0 Å². The number of rotatable bonds is 9. The van der Waals surface area contributed by atoms with Crippen molar-refractivity contribution in [3.05, 3.63) is 81.8 Å². The molecule has 3 aromatic carbocycles. The van der Waals surface area contributed by atoms with Gasteiger partial charge in [-0.25, -0.2) is 8.42 Å². The highest BCUT2D eigenvalue weighted by Crippen LogP contribution is 2.33. The van der Waals surface area contributed by atoms with E-state index in [1.165, 1.54) is 31.4 Å². The number of carbonyl (C=O) groups is 1. The van der Waals surface area contributed by atoms with E-state index in [0.717, 1.165) is 9.87 Å². The molecule has 1 N–H and O–H groups in total. The molecule has 10 heteroatoms. The molecular formula is C24H24Cl2N2O5S. The van der Waals surface area contributed by atoms with Crippen LogP contribution in [0.5, 0.6) is 11.5 Å². The van der Waals surface area contributed by atoms with Gasteiger partial charge in [-0.15, -0.1) is 0 Å². The van der Waals surface area contributed by atoms with Crippen LogP contribution >= 0.6 is 23.2 Å². The van der Waals surface area contributed by atoms with Crippen LogP contribution in [0, 0.1) is 6.92 Å². The number of halogens is 2. The predicted molar refractivity (Wildman–Crippen MR) is 134 cm³/mol. The molecule has 7 nitrogen and oxygen atoms in total. The molecule has 3 aromatic rings. The molecule has 0 heterocycles. The molecule has 0 unspecified atom stereocenters. The van der Waals surface area contributed by atoms with Crippen LogP contribution in [-0.2, 0) is 21.4 Å². The summed E-state index contributed by atoms with van der Waals surface area (Å²) in [5, 5.41) is 3.21. The van der Waals surface area contributed by atoms with Crippen molar-refractivity contribution in [1.82, 2.24) is 5.32 Å². The van der Waals surface area contributed by atoms with Crippen LogP contribution in [0.15, 0.2) is 65.6 Å². The molecule has 0 aromatic heterocycles. The van der Waals surface area contributed by atoms with E-state index in [1.54, 1.807) is 38.3 Å². The van der Waals surface area contributed by atoms with E-state index in [-0.39, 0.29) is 32.9 Å². The Bertz CT molecular complexity index is 1260. The van der Waals surface area contributed by atoms with Crippen LogP contribution in [0.2, 0.25) is 10.0 Å². The Labute approximate surface area is 209 Å². The van der Waals surface area contributed by atoms with E-state index in [1.807, 2.05) is 12.1 Å². The average Bonchev–Trinajstić information content (AvgIpc) is 2.80. The molecule has 0 aliphatic heterocycles. The number of nitrogens with zero attached hydrogens (tertiary/aromatic N) is 1. The lowest BCUT2D eigenvalue weighted by Crippen LogP contribution is -2.40. The number of sulfonamides is 1. The third-order valence-corrected chi connectivity index (χ3v) is 7.19. The first-order valence-corrected chi connectivity index (χ1v) is 12.4. The highest BCUT2D eigenvalue weighted by molar-refractivity contribution is 7.93. The zero-order chi connectivity index (χ0) is 24.9. The van der Waals surface area contributed by atoms with Gasteiger partial charge in [-0.05, 0) is 60.5 Å². The second-order valence-corrected chi connectivity index (χ2v) is 10.1. The SMILES string of the molecule is COc1ccc(CNC(=O)CN(c2cc(Cl)cc(Cl)c2)S(=O)(=O)c2cc(C)ccc2OC)cc1. The first-order chi connectivity index (χ1) is 16.1. The monoisotopic (exact) mass is 522 g/mol. The predicted octanol–water partition coefficient (Wildman–Crippen LogP) is 4.83. The summed E-state index contributed by atoms with van der Waals surface area (Å²) in [7, 11) is -1.28. The lowest BCUT2D eigenvalue weighted by Gasteiger charge is -2.25. The number of amides is 1. The van der Waals surface area contributed by atoms with Crippen LogP contribution in [0.25, 0.3) is 0 Å². The number of carbonyl (C=O) groups excluding carboxylic acids is 1. The highest BCUT2D eigenvalue weighted by Gasteiger charge is 2.30. The van der Waals surface area contributed by atoms with Crippen LogP contribution in [0.1, 0.15) is 11.1 Å². The van der Waals surface area contributed by atoms with E-state index in [2.05, 4.69) is 5.32 Å². The van der Waals surface area contributed by atoms with Gasteiger partial charge in [-0.2, -0.15) is 0 Å². The number of hydrogen-bond donors (Lipinski definition) is 1. The lowest BCUT2D eigenvalue weighted by atomic mass is 10.2. The van der Waals surface area contributed by atoms with Crippen molar-refractivity contribution in [3.63, 3.8) is 0 Å². The zero-order valence-electron chi connectivity index (χ0n) is 18.8. The van der Waals surface area contributed by atoms with Crippen molar-refractivity contribution < 1.29 is 22.7 Å². The summed E-state index contributed by atoms with van der Waals surface area (Å²) in [5.41, 5.74) is 1.70. The minimum absolute atomic E-state index is 0.0750. The molecule has 0 radical (unpaired) electrons. The van der Waals surface area contributed by atoms with Gasteiger partial charge < -0.3 is 14.8 Å². The zero-order valence-corrected chi connectivity index (χ0v) is 21.2. The molecular weight excluding hydrogens is 499 g/mol. The number of nitrogens with one attached hydrogen (secondary N) is 1. The number of hydrogen-bond acceptors (Lipinski definition) is 5. The van der Waals surface area contributed by atoms with Crippen molar-refractivity contribution in [2.24, 2.45) is 0 Å². The smallest absolute Gasteiger partial charge is 0.268 e. The van der Waals surface area contributed by atoms with Crippen molar-refractivity contribution in [3.8, 4) is 11.5 Å². The lowest BCUT2D eigenvalue weighted by molar-refractivity contribution is -0.119. The summed E-state index contributed by atoms with van der Waals surface area (Å²) in [6, 6.07) is 16.3. The Hall–Kier alpha value is -2.94. The fraction of sp³-hybridized carbons (Fsp3) is 0.208. The van der Waals surface area contributed by atoms with Crippen molar-refractivity contribution in [2.75, 3.05) is 25.1 Å². The minimum Gasteiger partial charge on any atom is -0.497 e. The Morgan fingerprint density at radius 3 is 2.18 bits per heavy atom. The second kappa shape index (κ2) is 11.0. The molecule has 0 spiro atoms. The average molecular weight is 523 g/mol. The summed E-state index contributed by atoms with van der Waals surface area (Å²) in [6.45, 7) is 1.48. The van der Waals surface area contributed by atoms with E-state index < -0.39 is 22.5 Å². The van der Waals surface area contributed by atoms with E-state index in [0.29, 0.717) is 11.3 Å². The van der Waals surface area contributed by atoms with Gasteiger partial charge in [0.25, 0.3) is 10.0 Å². The van der Waals surface area contributed by atoms with Crippen molar-refractivity contribution >= 4 is 44.8 Å². The molecule has 34 heavy (non-hydrogen) atoms. The molecule has 0 saturated heterocycles. The van der Waals surface area contributed by atoms with Crippen LogP contribution in [-0.4, -0.2) is 35.1 Å². The summed E-state index contributed by atoms with van der Waals surface area (Å²) < 4.78 is 38.8. The molecule has 0 saturated carbocycles. The number of aryl methyl sites for hydroxylation is 1. The van der Waals surface area contributed by atoms with E-state index in [4.69, 9.17) is 32.7 Å². The fourth-order valence-corrected chi connectivity index (χ4v) is 5.40. The molecule has 0 bridgehead atoms. The Morgan fingerprint density at radius 2 is 1.59 bits per heavy atom. The number of ether oxygens (including phenoxy) is 2. The Balaban J connectivity index is 1.94. The van der Waals surface area contributed by atoms with Crippen molar-refractivity contribution in [1.29, 1.82) is 0 Å². The van der Waals surface area contributed by atoms with Crippen molar-refractivity contribution in [2.45, 2.75) is 18.4 Å². The van der Waals surface area contributed by atoms with Crippen LogP contribution in [0.4, 0.5) is 5.69 Å². The molecule has 0 atom stereocenters. The minimum atomic E-state index is -4.23. The quantitative estimate of drug-likeness (QED) is 0.434. The van der Waals surface area contributed by atoms with E-state index in [9.17, 15) is 13.2 Å². The summed E-state index contributed by atoms with van der Waals surface area (Å²) in [6.07, 6.45) is 0. The Morgan fingerprint density at radius 1 is 0.941 bits per heavy atom. The van der Waals surface area contributed by atoms with Gasteiger partial charge in [0, 0.05) is 16.6 Å². The first-order valence-electron chi connectivity index (χ1n) is 10.2. The van der Waals surface area contributed by atoms with Gasteiger partial charge in [0.05, 0.1) is 19.9 Å². The van der Waals surface area contributed by atoms with Gasteiger partial charge in [-0.1, -0.05) is 41.4 Å². The highest BCUT2D eigenvalue weighted by atomic mass is 35.5. The third kappa shape index (κ3) is 6.14. The van der Waals surface area contributed by atoms with Crippen LogP contribution in [0.3, 0.4) is 0 Å². The second-order valence-electron chi connectivity index (χ2n) is 7.42. The van der Waals surface area contributed by atoms with Gasteiger partial charge in [0.15, 0.2) is 0 Å². The first kappa shape index (κ1) is 25.7. The molecule has 3 rings (SSSR count). The number of methoxy groups -OCH3 is 2. The maximum Gasteiger partial charge on any atom is 0.268 e. The normalized spacial score (nSPS) is 11.1. The Kier molecular flexibility index (Phi) is 8.30. The summed E-state index contributed by atoms with van der Waals surface area (Å²) in [4.78, 5) is 12.8. The molecule has 180 valence electrons. The molecule has 0 fully saturated rings. The number of anilines is 1. The maximum atomic E-state index is 13.7. The van der Waals surface area contributed by atoms with Crippen LogP contribution < -0.4 is 19.1 Å². The molecule has 0 aliphatic carbocycles. The molecule has 0 aliphatic rings. The fourth-order valence-electron chi connectivity index (χ4n) is 3.23. The summed E-state index contributed by atoms with van der Waals surface area (Å²) >= 11 is 12.3. The number of benzene rings is 3. The standard InChI is InChI=1S/C24H24Cl2N2O5S/c1-16-4-9-22(33-3)23(10-16)34(30,31)28(20-12-18(25)11-19(26)13-20)15-24(29)27-14-17-5-7-21(32-2)8-6-17/h4-13H,14-15H2,1-3H3,(H,27,29). The van der Waals surface area contributed by atoms with E-state index >= 15 is 0 Å². The van der Waals surface area contributed by atoms with Gasteiger partial charge in [0.2, 0.25) is 5.91 Å². The van der Waals surface area contributed by atoms with Gasteiger partial charge in [0.1, 0.15) is 22.9 Å². The largest absolute Gasteiger partial charge is 0.497 e. The molecule has 1 amide bonds.